The van der Waals surface area contributed by atoms with E-state index < -0.39 is 0 Å². The van der Waals surface area contributed by atoms with Crippen LogP contribution >= 0.6 is 0 Å². The molecule has 2 aromatic rings. The van der Waals surface area contributed by atoms with Crippen molar-refractivity contribution in [2.45, 2.75) is 13.5 Å². The first-order valence-corrected chi connectivity index (χ1v) is 6.37. The highest BCUT2D eigenvalue weighted by atomic mass is 16.3. The van der Waals surface area contributed by atoms with E-state index in [0.29, 0.717) is 23.4 Å². The first-order valence-electron chi connectivity index (χ1n) is 6.37. The molecule has 3 N–H and O–H groups in total. The topological polar surface area (TPSA) is 66.6 Å². The number of nitrogen functional groups attached to an aromatic ring is 1. The number of phenolic OH excluding ortho intramolecular Hbond substituents is 1. The zero-order chi connectivity index (χ0) is 14.7. The summed E-state index contributed by atoms with van der Waals surface area (Å²) in [7, 11) is 1.74. The normalized spacial score (nSPS) is 10.3. The van der Waals surface area contributed by atoms with E-state index in [1.807, 2.05) is 24.3 Å². The van der Waals surface area contributed by atoms with Crippen LogP contribution in [-0.2, 0) is 6.54 Å². The Morgan fingerprint density at radius 3 is 2.50 bits per heavy atom. The van der Waals surface area contributed by atoms with Crippen molar-refractivity contribution in [2.24, 2.45) is 0 Å². The minimum atomic E-state index is -0.116. The van der Waals surface area contributed by atoms with Crippen molar-refractivity contribution in [1.29, 1.82) is 0 Å². The van der Waals surface area contributed by atoms with Crippen LogP contribution in [0.4, 0.5) is 5.69 Å². The summed E-state index contributed by atoms with van der Waals surface area (Å²) in [5.41, 5.74) is 8.46. The first-order chi connectivity index (χ1) is 9.49. The summed E-state index contributed by atoms with van der Waals surface area (Å²) < 4.78 is 0. The maximum absolute atomic E-state index is 12.4. The zero-order valence-electron chi connectivity index (χ0n) is 11.6. The number of nitrogens with two attached hydrogens (primary N) is 1. The van der Waals surface area contributed by atoms with E-state index in [0.717, 1.165) is 5.56 Å². The molecule has 2 rings (SSSR count). The summed E-state index contributed by atoms with van der Waals surface area (Å²) in [6.45, 7) is 2.23. The standard InChI is InChI=1S/C16H18N2O2/c1-11-14(4-3-5-15(11)19)16(20)18(2)10-12-6-8-13(17)9-7-12/h3-9,19H,10,17H2,1-2H3. The van der Waals surface area contributed by atoms with Gasteiger partial charge >= 0.3 is 0 Å². The number of phenols is 1. The summed E-state index contributed by atoms with van der Waals surface area (Å²) in [6.07, 6.45) is 0. The average molecular weight is 270 g/mol. The Morgan fingerprint density at radius 2 is 1.85 bits per heavy atom. The second kappa shape index (κ2) is 5.65. The van der Waals surface area contributed by atoms with E-state index in [-0.39, 0.29) is 11.7 Å². The molecule has 0 saturated heterocycles. The number of amides is 1. The third kappa shape index (κ3) is 2.91. The molecular formula is C16H18N2O2. The van der Waals surface area contributed by atoms with Crippen LogP contribution in [0.25, 0.3) is 0 Å². The Hall–Kier alpha value is -2.49. The van der Waals surface area contributed by atoms with Gasteiger partial charge in [0.1, 0.15) is 5.75 Å². The first kappa shape index (κ1) is 13.9. The molecule has 0 aliphatic heterocycles. The van der Waals surface area contributed by atoms with E-state index in [1.165, 1.54) is 0 Å². The van der Waals surface area contributed by atoms with Gasteiger partial charge in [-0.1, -0.05) is 18.2 Å². The van der Waals surface area contributed by atoms with Gasteiger partial charge in [0.2, 0.25) is 0 Å². The van der Waals surface area contributed by atoms with Crippen molar-refractivity contribution in [3.8, 4) is 5.75 Å². The second-order valence-electron chi connectivity index (χ2n) is 4.85. The fourth-order valence-electron chi connectivity index (χ4n) is 2.03. The van der Waals surface area contributed by atoms with Crippen LogP contribution in [0.15, 0.2) is 42.5 Å². The van der Waals surface area contributed by atoms with Gasteiger partial charge in [0.05, 0.1) is 0 Å². The highest BCUT2D eigenvalue weighted by molar-refractivity contribution is 5.96. The van der Waals surface area contributed by atoms with Crippen molar-refractivity contribution >= 4 is 11.6 Å². The number of hydrogen-bond acceptors (Lipinski definition) is 3. The minimum Gasteiger partial charge on any atom is -0.508 e. The van der Waals surface area contributed by atoms with Gasteiger partial charge in [0.15, 0.2) is 0 Å². The van der Waals surface area contributed by atoms with E-state index in [4.69, 9.17) is 5.73 Å². The van der Waals surface area contributed by atoms with Crippen LogP contribution in [0.1, 0.15) is 21.5 Å². The van der Waals surface area contributed by atoms with Gasteiger partial charge in [-0.3, -0.25) is 4.79 Å². The number of carbonyl (C=O) groups excluding carboxylic acids is 1. The van der Waals surface area contributed by atoms with Gasteiger partial charge in [-0.25, -0.2) is 0 Å². The van der Waals surface area contributed by atoms with Gasteiger partial charge < -0.3 is 15.7 Å². The smallest absolute Gasteiger partial charge is 0.254 e. The molecule has 0 saturated carbocycles. The SMILES string of the molecule is Cc1c(O)cccc1C(=O)N(C)Cc1ccc(N)cc1. The third-order valence-electron chi connectivity index (χ3n) is 3.28. The van der Waals surface area contributed by atoms with Gasteiger partial charge in [-0.05, 0) is 36.8 Å². The lowest BCUT2D eigenvalue weighted by Crippen LogP contribution is -2.26. The third-order valence-corrected chi connectivity index (χ3v) is 3.28. The molecule has 104 valence electrons. The second-order valence-corrected chi connectivity index (χ2v) is 4.85. The van der Waals surface area contributed by atoms with E-state index in [9.17, 15) is 9.90 Å². The Balaban J connectivity index is 2.16. The van der Waals surface area contributed by atoms with Crippen molar-refractivity contribution in [3.05, 3.63) is 59.2 Å². The molecule has 0 atom stereocenters. The van der Waals surface area contributed by atoms with Crippen LogP contribution in [-0.4, -0.2) is 23.0 Å². The van der Waals surface area contributed by atoms with Gasteiger partial charge in [0.25, 0.3) is 5.91 Å². The summed E-state index contributed by atoms with van der Waals surface area (Å²) in [4.78, 5) is 14.0. The molecule has 0 radical (unpaired) electrons. The van der Waals surface area contributed by atoms with Crippen LogP contribution in [0.2, 0.25) is 0 Å². The Labute approximate surface area is 118 Å². The molecule has 0 bridgehead atoms. The van der Waals surface area contributed by atoms with E-state index in [2.05, 4.69) is 0 Å². The molecule has 0 heterocycles. The molecule has 4 heteroatoms. The predicted molar refractivity (Wildman–Crippen MR) is 79.5 cm³/mol. The molecule has 0 unspecified atom stereocenters. The minimum absolute atomic E-state index is 0.116. The summed E-state index contributed by atoms with van der Waals surface area (Å²) in [5.74, 6) is 0.0203. The molecular weight excluding hydrogens is 252 g/mol. The quantitative estimate of drug-likeness (QED) is 0.842. The molecule has 0 aliphatic rings. The maximum atomic E-state index is 12.4. The molecule has 1 amide bonds. The van der Waals surface area contributed by atoms with Crippen molar-refractivity contribution in [3.63, 3.8) is 0 Å². The van der Waals surface area contributed by atoms with Crippen molar-refractivity contribution in [1.82, 2.24) is 4.90 Å². The lowest BCUT2D eigenvalue weighted by molar-refractivity contribution is 0.0784. The monoisotopic (exact) mass is 270 g/mol. The molecule has 0 spiro atoms. The van der Waals surface area contributed by atoms with Crippen molar-refractivity contribution in [2.75, 3.05) is 12.8 Å². The fraction of sp³-hybridized carbons (Fsp3) is 0.188. The number of hydrogen-bond donors (Lipinski definition) is 2. The molecule has 20 heavy (non-hydrogen) atoms. The maximum Gasteiger partial charge on any atom is 0.254 e. The number of anilines is 1. The Morgan fingerprint density at radius 1 is 1.20 bits per heavy atom. The molecule has 0 aromatic heterocycles. The number of nitrogens with zero attached hydrogens (tertiary/aromatic N) is 1. The van der Waals surface area contributed by atoms with Crippen LogP contribution < -0.4 is 5.73 Å². The van der Waals surface area contributed by atoms with E-state index >= 15 is 0 Å². The van der Waals surface area contributed by atoms with Crippen molar-refractivity contribution < 1.29 is 9.90 Å². The summed E-state index contributed by atoms with van der Waals surface area (Å²) >= 11 is 0. The summed E-state index contributed by atoms with van der Waals surface area (Å²) in [5, 5.41) is 9.67. The Kier molecular flexibility index (Phi) is 3.94. The lowest BCUT2D eigenvalue weighted by Gasteiger charge is -2.19. The molecule has 2 aromatic carbocycles. The highest BCUT2D eigenvalue weighted by Gasteiger charge is 2.15. The molecule has 4 nitrogen and oxygen atoms in total. The number of rotatable bonds is 3. The predicted octanol–water partition coefficient (Wildman–Crippen LogP) is 2.56. The number of carbonyl (C=O) groups is 1. The lowest BCUT2D eigenvalue weighted by atomic mass is 10.1. The van der Waals surface area contributed by atoms with Gasteiger partial charge in [-0.2, -0.15) is 0 Å². The molecule has 0 aliphatic carbocycles. The van der Waals surface area contributed by atoms with Gasteiger partial charge in [0, 0.05) is 30.4 Å². The highest BCUT2D eigenvalue weighted by Crippen LogP contribution is 2.21. The van der Waals surface area contributed by atoms with E-state index in [1.54, 1.807) is 37.1 Å². The Bertz CT molecular complexity index is 621. The zero-order valence-corrected chi connectivity index (χ0v) is 11.6. The number of benzene rings is 2. The van der Waals surface area contributed by atoms with Crippen LogP contribution in [0.5, 0.6) is 5.75 Å². The van der Waals surface area contributed by atoms with Gasteiger partial charge in [-0.15, -0.1) is 0 Å². The van der Waals surface area contributed by atoms with Crippen LogP contribution in [0, 0.1) is 6.92 Å². The fourth-order valence-corrected chi connectivity index (χ4v) is 2.03. The molecule has 0 fully saturated rings. The number of aromatic hydroxyl groups is 1. The largest absolute Gasteiger partial charge is 0.508 e. The average Bonchev–Trinajstić information content (AvgIpc) is 2.43. The summed E-state index contributed by atoms with van der Waals surface area (Å²) in [6, 6.07) is 12.4. The van der Waals surface area contributed by atoms with Crippen LogP contribution in [0.3, 0.4) is 0 Å².